The molecule has 3 nitrogen and oxygen atoms in total. The molecule has 0 spiro atoms. The molecular formula is C20H27ClN2O. The molecule has 1 heterocycles. The Balaban J connectivity index is 0.00000208. The van der Waals surface area contributed by atoms with Gasteiger partial charge in [0, 0.05) is 19.1 Å². The fourth-order valence-corrected chi connectivity index (χ4v) is 3.28. The highest BCUT2D eigenvalue weighted by Gasteiger charge is 2.27. The van der Waals surface area contributed by atoms with Crippen molar-refractivity contribution < 1.29 is 4.74 Å². The maximum atomic E-state index is 5.84. The number of halogens is 1. The molecule has 1 aliphatic heterocycles. The predicted molar refractivity (Wildman–Crippen MR) is 101 cm³/mol. The molecule has 1 saturated heterocycles. The summed E-state index contributed by atoms with van der Waals surface area (Å²) >= 11 is 0. The van der Waals surface area contributed by atoms with Crippen LogP contribution in [-0.4, -0.2) is 24.0 Å². The van der Waals surface area contributed by atoms with E-state index in [4.69, 9.17) is 10.5 Å². The maximum absolute atomic E-state index is 5.84. The second kappa shape index (κ2) is 9.07. The van der Waals surface area contributed by atoms with E-state index in [9.17, 15) is 0 Å². The van der Waals surface area contributed by atoms with Crippen LogP contribution in [0.3, 0.4) is 0 Å². The molecule has 0 amide bonds. The molecule has 2 N–H and O–H groups in total. The topological polar surface area (TPSA) is 38.5 Å². The summed E-state index contributed by atoms with van der Waals surface area (Å²) in [5.74, 6) is 1.57. The lowest BCUT2D eigenvalue weighted by molar-refractivity contribution is 0.255. The van der Waals surface area contributed by atoms with Crippen molar-refractivity contribution in [2.45, 2.75) is 32.5 Å². The highest BCUT2D eigenvalue weighted by atomic mass is 35.5. The van der Waals surface area contributed by atoms with Crippen LogP contribution in [-0.2, 0) is 13.2 Å². The molecule has 0 radical (unpaired) electrons. The Bertz CT molecular complexity index is 603. The Kier molecular flexibility index (Phi) is 7.10. The van der Waals surface area contributed by atoms with Gasteiger partial charge in [-0.05, 0) is 49.1 Å². The predicted octanol–water partition coefficient (Wildman–Crippen LogP) is 3.86. The third-order valence-electron chi connectivity index (χ3n) is 4.68. The molecule has 3 rings (SSSR count). The molecule has 0 bridgehead atoms. The number of likely N-dealkylation sites (tertiary alicyclic amines) is 1. The van der Waals surface area contributed by atoms with Gasteiger partial charge in [0.05, 0.1) is 0 Å². The zero-order valence-corrected chi connectivity index (χ0v) is 15.0. The van der Waals surface area contributed by atoms with E-state index in [0.717, 1.165) is 25.4 Å². The van der Waals surface area contributed by atoms with Gasteiger partial charge < -0.3 is 10.5 Å². The van der Waals surface area contributed by atoms with E-state index in [-0.39, 0.29) is 12.4 Å². The lowest BCUT2D eigenvalue weighted by Crippen LogP contribution is -2.27. The average Bonchev–Trinajstić information content (AvgIpc) is 2.95. The second-order valence-corrected chi connectivity index (χ2v) is 6.53. The van der Waals surface area contributed by atoms with E-state index in [1.807, 2.05) is 18.2 Å². The maximum Gasteiger partial charge on any atom is 0.119 e. The molecule has 0 aromatic heterocycles. The summed E-state index contributed by atoms with van der Waals surface area (Å²) in [6, 6.07) is 19.4. The lowest BCUT2D eigenvalue weighted by atomic mass is 10.1. The van der Waals surface area contributed by atoms with Crippen molar-refractivity contribution in [1.82, 2.24) is 4.90 Å². The van der Waals surface area contributed by atoms with Gasteiger partial charge in [-0.15, -0.1) is 12.4 Å². The Morgan fingerprint density at radius 1 is 1.04 bits per heavy atom. The number of hydrogen-bond acceptors (Lipinski definition) is 3. The largest absolute Gasteiger partial charge is 0.489 e. The zero-order chi connectivity index (χ0) is 16.1. The van der Waals surface area contributed by atoms with Gasteiger partial charge in [-0.3, -0.25) is 4.90 Å². The number of rotatable bonds is 6. The van der Waals surface area contributed by atoms with E-state index >= 15 is 0 Å². The standard InChI is InChI=1S/C20H26N2O.ClH/c1-16-11-19(12-21)14-22(16)13-17-7-9-20(10-8-17)23-15-18-5-3-2-4-6-18;/h2-10,16,19H,11-15,21H2,1H3;1H. The van der Waals surface area contributed by atoms with Crippen LogP contribution in [0.2, 0.25) is 0 Å². The average molecular weight is 347 g/mol. The smallest absolute Gasteiger partial charge is 0.119 e. The Morgan fingerprint density at radius 3 is 2.38 bits per heavy atom. The van der Waals surface area contributed by atoms with Crippen LogP contribution in [0, 0.1) is 5.92 Å². The molecule has 2 aromatic rings. The first-order valence-electron chi connectivity index (χ1n) is 8.44. The molecule has 0 aliphatic carbocycles. The van der Waals surface area contributed by atoms with Crippen LogP contribution in [0.4, 0.5) is 0 Å². The summed E-state index contributed by atoms with van der Waals surface area (Å²) in [6.45, 7) is 5.82. The van der Waals surface area contributed by atoms with Crippen molar-refractivity contribution in [3.8, 4) is 5.75 Å². The third-order valence-corrected chi connectivity index (χ3v) is 4.68. The minimum atomic E-state index is 0. The van der Waals surface area contributed by atoms with E-state index < -0.39 is 0 Å². The Hall–Kier alpha value is -1.55. The van der Waals surface area contributed by atoms with Gasteiger partial charge in [-0.1, -0.05) is 42.5 Å². The molecule has 2 unspecified atom stereocenters. The molecule has 24 heavy (non-hydrogen) atoms. The Labute approximate surface area is 151 Å². The van der Waals surface area contributed by atoms with Crippen LogP contribution in [0.25, 0.3) is 0 Å². The summed E-state index contributed by atoms with van der Waals surface area (Å²) in [5, 5.41) is 0. The van der Waals surface area contributed by atoms with Crippen molar-refractivity contribution >= 4 is 12.4 Å². The summed E-state index contributed by atoms with van der Waals surface area (Å²) in [6.07, 6.45) is 1.22. The fraction of sp³-hybridized carbons (Fsp3) is 0.400. The minimum absolute atomic E-state index is 0. The van der Waals surface area contributed by atoms with E-state index in [1.165, 1.54) is 17.5 Å². The van der Waals surface area contributed by atoms with Gasteiger partial charge in [0.25, 0.3) is 0 Å². The zero-order valence-electron chi connectivity index (χ0n) is 14.2. The molecule has 1 fully saturated rings. The molecule has 2 aromatic carbocycles. The number of benzene rings is 2. The summed E-state index contributed by atoms with van der Waals surface area (Å²) in [5.41, 5.74) is 8.33. The molecular weight excluding hydrogens is 320 g/mol. The SMILES string of the molecule is CC1CC(CN)CN1Cc1ccc(OCc2ccccc2)cc1.Cl. The van der Waals surface area contributed by atoms with Crippen LogP contribution < -0.4 is 10.5 Å². The van der Waals surface area contributed by atoms with Crippen molar-refractivity contribution in [2.75, 3.05) is 13.1 Å². The number of hydrogen-bond donors (Lipinski definition) is 1. The van der Waals surface area contributed by atoms with Gasteiger partial charge in [0.15, 0.2) is 0 Å². The first kappa shape index (κ1) is 18.8. The van der Waals surface area contributed by atoms with Crippen molar-refractivity contribution in [1.29, 1.82) is 0 Å². The van der Waals surface area contributed by atoms with E-state index in [0.29, 0.717) is 18.6 Å². The van der Waals surface area contributed by atoms with Crippen LogP contribution in [0.1, 0.15) is 24.5 Å². The summed E-state index contributed by atoms with van der Waals surface area (Å²) in [7, 11) is 0. The van der Waals surface area contributed by atoms with E-state index in [1.54, 1.807) is 0 Å². The third kappa shape index (κ3) is 4.97. The van der Waals surface area contributed by atoms with Gasteiger partial charge in [-0.25, -0.2) is 0 Å². The number of ether oxygens (including phenoxy) is 1. The van der Waals surface area contributed by atoms with Gasteiger partial charge >= 0.3 is 0 Å². The Morgan fingerprint density at radius 2 is 1.75 bits per heavy atom. The monoisotopic (exact) mass is 346 g/mol. The van der Waals surface area contributed by atoms with Gasteiger partial charge in [0.1, 0.15) is 12.4 Å². The fourth-order valence-electron chi connectivity index (χ4n) is 3.28. The van der Waals surface area contributed by atoms with Gasteiger partial charge in [-0.2, -0.15) is 0 Å². The quantitative estimate of drug-likeness (QED) is 0.863. The van der Waals surface area contributed by atoms with Crippen LogP contribution in [0.5, 0.6) is 5.75 Å². The van der Waals surface area contributed by atoms with Crippen molar-refractivity contribution in [2.24, 2.45) is 11.7 Å². The highest BCUT2D eigenvalue weighted by molar-refractivity contribution is 5.85. The summed E-state index contributed by atoms with van der Waals surface area (Å²) in [4.78, 5) is 2.53. The molecule has 1 aliphatic rings. The van der Waals surface area contributed by atoms with Crippen LogP contribution in [0.15, 0.2) is 54.6 Å². The molecule has 130 valence electrons. The molecule has 0 saturated carbocycles. The first-order chi connectivity index (χ1) is 11.2. The van der Waals surface area contributed by atoms with E-state index in [2.05, 4.69) is 48.2 Å². The van der Waals surface area contributed by atoms with Crippen molar-refractivity contribution in [3.63, 3.8) is 0 Å². The van der Waals surface area contributed by atoms with Crippen LogP contribution >= 0.6 is 12.4 Å². The molecule has 4 heteroatoms. The number of nitrogens with two attached hydrogens (primary N) is 1. The second-order valence-electron chi connectivity index (χ2n) is 6.53. The minimum Gasteiger partial charge on any atom is -0.489 e. The number of nitrogens with zero attached hydrogens (tertiary/aromatic N) is 1. The normalized spacial score (nSPS) is 20.6. The highest BCUT2D eigenvalue weighted by Crippen LogP contribution is 2.24. The van der Waals surface area contributed by atoms with Crippen molar-refractivity contribution in [3.05, 3.63) is 65.7 Å². The first-order valence-corrected chi connectivity index (χ1v) is 8.44. The molecule has 2 atom stereocenters. The van der Waals surface area contributed by atoms with Gasteiger partial charge in [0.2, 0.25) is 0 Å². The lowest BCUT2D eigenvalue weighted by Gasteiger charge is -2.21. The summed E-state index contributed by atoms with van der Waals surface area (Å²) < 4.78 is 5.84.